The molecule has 2 aromatic rings. The van der Waals surface area contributed by atoms with Crippen LogP contribution in [0, 0.1) is 0 Å². The molecule has 0 aliphatic rings. The maximum absolute atomic E-state index is 11.6. The molecule has 2 aromatic carbocycles. The van der Waals surface area contributed by atoms with Crippen molar-refractivity contribution in [2.24, 2.45) is 0 Å². The van der Waals surface area contributed by atoms with E-state index < -0.39 is 0 Å². The van der Waals surface area contributed by atoms with Gasteiger partial charge in [-0.1, -0.05) is 50.1 Å². The molecule has 0 heterocycles. The van der Waals surface area contributed by atoms with Gasteiger partial charge in [0.05, 0.1) is 5.56 Å². The van der Waals surface area contributed by atoms with Gasteiger partial charge in [0.2, 0.25) is 0 Å². The largest absolute Gasteiger partial charge is 0.488 e. The molecule has 0 amide bonds. The molecule has 2 rings (SSSR count). The molecule has 0 bridgehead atoms. The summed E-state index contributed by atoms with van der Waals surface area (Å²) in [4.78, 5) is 11.6. The molecule has 4 heteroatoms. The molecule has 0 saturated heterocycles. The standard InChI is InChI=1S/C15H12Br2O2/c1-10(18)13-8-12(16)6-7-15(13)19-9-11-4-2-3-5-14(11)17/h2-8H,9H2,1H3. The summed E-state index contributed by atoms with van der Waals surface area (Å²) in [5.74, 6) is 0.592. The van der Waals surface area contributed by atoms with E-state index in [0.29, 0.717) is 17.9 Å². The molecule has 0 radical (unpaired) electrons. The Hall–Kier alpha value is -1.13. The average molecular weight is 384 g/mol. The number of hydrogen-bond acceptors (Lipinski definition) is 2. The zero-order chi connectivity index (χ0) is 13.8. The van der Waals surface area contributed by atoms with E-state index in [0.717, 1.165) is 14.5 Å². The highest BCUT2D eigenvalue weighted by Crippen LogP contribution is 2.25. The number of carbonyl (C=O) groups is 1. The van der Waals surface area contributed by atoms with E-state index in [2.05, 4.69) is 31.9 Å². The van der Waals surface area contributed by atoms with Gasteiger partial charge in [-0.05, 0) is 31.2 Å². The summed E-state index contributed by atoms with van der Waals surface area (Å²) in [6.45, 7) is 1.95. The van der Waals surface area contributed by atoms with Crippen LogP contribution in [0.4, 0.5) is 0 Å². The highest BCUT2D eigenvalue weighted by Gasteiger charge is 2.10. The molecule has 0 N–H and O–H groups in total. The second-order valence-corrected chi connectivity index (χ2v) is 5.85. The first-order valence-electron chi connectivity index (χ1n) is 5.74. The van der Waals surface area contributed by atoms with Gasteiger partial charge in [-0.25, -0.2) is 0 Å². The van der Waals surface area contributed by atoms with Gasteiger partial charge >= 0.3 is 0 Å². The predicted octanol–water partition coefficient (Wildman–Crippen LogP) is 4.99. The van der Waals surface area contributed by atoms with Crippen molar-refractivity contribution in [2.75, 3.05) is 0 Å². The fourth-order valence-corrected chi connectivity index (χ4v) is 2.43. The summed E-state index contributed by atoms with van der Waals surface area (Å²) < 4.78 is 7.61. The molecule has 0 atom stereocenters. The molecule has 0 saturated carbocycles. The van der Waals surface area contributed by atoms with Gasteiger partial charge in [-0.3, -0.25) is 4.79 Å². The maximum Gasteiger partial charge on any atom is 0.163 e. The van der Waals surface area contributed by atoms with Gasteiger partial charge in [0.15, 0.2) is 5.78 Å². The Balaban J connectivity index is 2.20. The maximum atomic E-state index is 11.6. The van der Waals surface area contributed by atoms with Crippen molar-refractivity contribution in [3.05, 3.63) is 62.5 Å². The van der Waals surface area contributed by atoms with Crippen molar-refractivity contribution >= 4 is 37.6 Å². The number of carbonyl (C=O) groups excluding carboxylic acids is 1. The minimum atomic E-state index is -0.0107. The normalized spacial score (nSPS) is 10.3. The third-order valence-corrected chi connectivity index (χ3v) is 3.93. The van der Waals surface area contributed by atoms with Crippen LogP contribution >= 0.6 is 31.9 Å². The average Bonchev–Trinajstić information content (AvgIpc) is 2.38. The van der Waals surface area contributed by atoms with E-state index in [9.17, 15) is 4.79 Å². The van der Waals surface area contributed by atoms with E-state index in [1.165, 1.54) is 6.92 Å². The molecule has 0 aromatic heterocycles. The Kier molecular flexibility index (Phi) is 4.77. The smallest absolute Gasteiger partial charge is 0.163 e. The number of hydrogen-bond donors (Lipinski definition) is 0. The van der Waals surface area contributed by atoms with Crippen LogP contribution in [0.15, 0.2) is 51.4 Å². The molecular formula is C15H12Br2O2. The highest BCUT2D eigenvalue weighted by molar-refractivity contribution is 9.10. The Morgan fingerprint density at radius 1 is 1.16 bits per heavy atom. The molecule has 2 nitrogen and oxygen atoms in total. The summed E-state index contributed by atoms with van der Waals surface area (Å²) in [6.07, 6.45) is 0. The summed E-state index contributed by atoms with van der Waals surface area (Å²) in [5, 5.41) is 0. The van der Waals surface area contributed by atoms with Crippen LogP contribution in [0.3, 0.4) is 0 Å². The van der Waals surface area contributed by atoms with Crippen LogP contribution < -0.4 is 4.74 Å². The number of ether oxygens (including phenoxy) is 1. The van der Waals surface area contributed by atoms with E-state index in [-0.39, 0.29) is 5.78 Å². The zero-order valence-electron chi connectivity index (χ0n) is 10.3. The third kappa shape index (κ3) is 3.67. The van der Waals surface area contributed by atoms with Crippen molar-refractivity contribution in [2.45, 2.75) is 13.5 Å². The quantitative estimate of drug-likeness (QED) is 0.695. The van der Waals surface area contributed by atoms with Crippen LogP contribution in [0.2, 0.25) is 0 Å². The first-order chi connectivity index (χ1) is 9.08. The Morgan fingerprint density at radius 2 is 1.89 bits per heavy atom. The number of benzene rings is 2. The lowest BCUT2D eigenvalue weighted by Gasteiger charge is -2.11. The minimum Gasteiger partial charge on any atom is -0.488 e. The molecular weight excluding hydrogens is 372 g/mol. The van der Waals surface area contributed by atoms with Crippen LogP contribution in [-0.2, 0) is 6.61 Å². The fraction of sp³-hybridized carbons (Fsp3) is 0.133. The van der Waals surface area contributed by atoms with Gasteiger partial charge in [0.25, 0.3) is 0 Å². The van der Waals surface area contributed by atoms with E-state index in [1.807, 2.05) is 30.3 Å². The van der Waals surface area contributed by atoms with Gasteiger partial charge < -0.3 is 4.74 Å². The van der Waals surface area contributed by atoms with Crippen LogP contribution in [0.1, 0.15) is 22.8 Å². The van der Waals surface area contributed by atoms with E-state index in [4.69, 9.17) is 4.74 Å². The monoisotopic (exact) mass is 382 g/mol. The summed E-state index contributed by atoms with van der Waals surface area (Å²) in [6, 6.07) is 13.3. The molecule has 0 spiro atoms. The van der Waals surface area contributed by atoms with Crippen LogP contribution in [0.25, 0.3) is 0 Å². The molecule has 19 heavy (non-hydrogen) atoms. The lowest BCUT2D eigenvalue weighted by molar-refractivity contribution is 0.101. The number of Topliss-reactive ketones (excluding diaryl/α,β-unsaturated/α-hetero) is 1. The Morgan fingerprint density at radius 3 is 2.58 bits per heavy atom. The number of halogens is 2. The molecule has 0 aliphatic heterocycles. The van der Waals surface area contributed by atoms with Crippen molar-refractivity contribution < 1.29 is 9.53 Å². The lowest BCUT2D eigenvalue weighted by atomic mass is 10.1. The topological polar surface area (TPSA) is 26.3 Å². The molecule has 0 aliphatic carbocycles. The Bertz CT molecular complexity index is 609. The molecule has 98 valence electrons. The SMILES string of the molecule is CC(=O)c1cc(Br)ccc1OCc1ccccc1Br. The Labute approximate surface area is 129 Å². The fourth-order valence-electron chi connectivity index (χ4n) is 1.67. The van der Waals surface area contributed by atoms with Gasteiger partial charge in [0, 0.05) is 14.5 Å². The van der Waals surface area contributed by atoms with Gasteiger partial charge in [-0.15, -0.1) is 0 Å². The summed E-state index contributed by atoms with van der Waals surface area (Å²) >= 11 is 6.83. The van der Waals surface area contributed by atoms with Crippen LogP contribution in [-0.4, -0.2) is 5.78 Å². The summed E-state index contributed by atoms with van der Waals surface area (Å²) in [7, 11) is 0. The van der Waals surface area contributed by atoms with E-state index >= 15 is 0 Å². The summed E-state index contributed by atoms with van der Waals surface area (Å²) in [5.41, 5.74) is 1.63. The molecule has 0 fully saturated rings. The molecule has 0 unspecified atom stereocenters. The number of ketones is 1. The van der Waals surface area contributed by atoms with Gasteiger partial charge in [-0.2, -0.15) is 0 Å². The minimum absolute atomic E-state index is 0.0107. The van der Waals surface area contributed by atoms with E-state index in [1.54, 1.807) is 12.1 Å². The third-order valence-electron chi connectivity index (χ3n) is 2.66. The van der Waals surface area contributed by atoms with Crippen molar-refractivity contribution in [3.8, 4) is 5.75 Å². The predicted molar refractivity (Wildman–Crippen MR) is 82.6 cm³/mol. The van der Waals surface area contributed by atoms with Crippen molar-refractivity contribution in [1.29, 1.82) is 0 Å². The first kappa shape index (κ1) is 14.3. The second-order valence-electron chi connectivity index (χ2n) is 4.08. The van der Waals surface area contributed by atoms with Crippen molar-refractivity contribution in [1.82, 2.24) is 0 Å². The number of rotatable bonds is 4. The van der Waals surface area contributed by atoms with Crippen LogP contribution in [0.5, 0.6) is 5.75 Å². The highest BCUT2D eigenvalue weighted by atomic mass is 79.9. The lowest BCUT2D eigenvalue weighted by Crippen LogP contribution is -2.02. The first-order valence-corrected chi connectivity index (χ1v) is 7.33. The zero-order valence-corrected chi connectivity index (χ0v) is 13.5. The van der Waals surface area contributed by atoms with Gasteiger partial charge in [0.1, 0.15) is 12.4 Å². The second kappa shape index (κ2) is 6.35. The van der Waals surface area contributed by atoms with Crippen molar-refractivity contribution in [3.63, 3.8) is 0 Å².